The molecule has 0 atom stereocenters. The minimum Gasteiger partial charge on any atom is -0.396 e. The molecule has 1 aromatic carbocycles. The Bertz CT molecular complexity index is 552. The van der Waals surface area contributed by atoms with Crippen LogP contribution in [0.5, 0.6) is 0 Å². The van der Waals surface area contributed by atoms with E-state index in [1.165, 1.54) is 11.1 Å². The van der Waals surface area contributed by atoms with Crippen molar-refractivity contribution in [3.63, 3.8) is 0 Å². The minimum absolute atomic E-state index is 0.422. The fourth-order valence-electron chi connectivity index (χ4n) is 1.50. The molecule has 1 aromatic heterocycles. The maximum absolute atomic E-state index is 5.83. The number of rotatable bonds is 2. The Labute approximate surface area is 106 Å². The smallest absolute Gasteiger partial charge is 0.155 e. The van der Waals surface area contributed by atoms with E-state index in [0.29, 0.717) is 16.7 Å². The second kappa shape index (κ2) is 4.63. The van der Waals surface area contributed by atoms with E-state index in [4.69, 9.17) is 17.3 Å². The first kappa shape index (κ1) is 11.7. The zero-order valence-electron chi connectivity index (χ0n) is 9.79. The number of nitrogens with two attached hydrogens (primary N) is 1. The largest absolute Gasteiger partial charge is 0.396 e. The summed E-state index contributed by atoms with van der Waals surface area (Å²) in [6, 6.07) is 9.50. The number of anilines is 3. The van der Waals surface area contributed by atoms with Crippen LogP contribution in [-0.4, -0.2) is 4.98 Å². The van der Waals surface area contributed by atoms with Crippen LogP contribution < -0.4 is 11.1 Å². The van der Waals surface area contributed by atoms with Crippen molar-refractivity contribution >= 4 is 28.8 Å². The molecule has 2 aromatic rings. The van der Waals surface area contributed by atoms with E-state index >= 15 is 0 Å². The predicted octanol–water partition coefficient (Wildman–Crippen LogP) is 3.68. The molecule has 0 amide bonds. The Morgan fingerprint density at radius 1 is 1.12 bits per heavy atom. The van der Waals surface area contributed by atoms with Crippen LogP contribution in [0.4, 0.5) is 17.2 Å². The summed E-state index contributed by atoms with van der Waals surface area (Å²) in [7, 11) is 0. The summed E-state index contributed by atoms with van der Waals surface area (Å²) in [5.74, 6) is 0.584. The van der Waals surface area contributed by atoms with E-state index in [1.54, 1.807) is 12.1 Å². The van der Waals surface area contributed by atoms with Crippen molar-refractivity contribution in [3.05, 3.63) is 46.6 Å². The first-order chi connectivity index (χ1) is 8.06. The standard InChI is InChI=1S/C13H14ClN3/c1-8-3-4-10(7-9(8)2)16-13-11(15)5-6-12(14)17-13/h3-7H,15H2,1-2H3,(H,16,17). The molecule has 2 rings (SSSR count). The maximum Gasteiger partial charge on any atom is 0.155 e. The molecule has 88 valence electrons. The molecule has 0 aliphatic rings. The van der Waals surface area contributed by atoms with Crippen molar-refractivity contribution in [1.29, 1.82) is 0 Å². The second-order valence-corrected chi connectivity index (χ2v) is 4.38. The summed E-state index contributed by atoms with van der Waals surface area (Å²) in [5.41, 5.74) is 9.82. The lowest BCUT2D eigenvalue weighted by atomic mass is 10.1. The third-order valence-corrected chi connectivity index (χ3v) is 2.87. The molecule has 1 heterocycles. The van der Waals surface area contributed by atoms with Crippen molar-refractivity contribution in [2.75, 3.05) is 11.1 Å². The van der Waals surface area contributed by atoms with E-state index in [-0.39, 0.29) is 0 Å². The minimum atomic E-state index is 0.422. The van der Waals surface area contributed by atoms with Gasteiger partial charge in [-0.3, -0.25) is 0 Å². The van der Waals surface area contributed by atoms with E-state index in [1.807, 2.05) is 6.07 Å². The van der Waals surface area contributed by atoms with Crippen LogP contribution in [0, 0.1) is 13.8 Å². The van der Waals surface area contributed by atoms with Gasteiger partial charge in [-0.15, -0.1) is 0 Å². The maximum atomic E-state index is 5.83. The van der Waals surface area contributed by atoms with Crippen LogP contribution in [0.15, 0.2) is 30.3 Å². The molecule has 3 nitrogen and oxygen atoms in total. The van der Waals surface area contributed by atoms with Crippen molar-refractivity contribution in [2.24, 2.45) is 0 Å². The van der Waals surface area contributed by atoms with Gasteiger partial charge < -0.3 is 11.1 Å². The highest BCUT2D eigenvalue weighted by Gasteiger charge is 2.03. The van der Waals surface area contributed by atoms with Gasteiger partial charge in [0, 0.05) is 5.69 Å². The SMILES string of the molecule is Cc1ccc(Nc2nc(Cl)ccc2N)cc1C. The molecule has 0 fully saturated rings. The Kier molecular flexibility index (Phi) is 3.20. The molecule has 4 heteroatoms. The summed E-state index contributed by atoms with van der Waals surface area (Å²) in [6.07, 6.45) is 0. The molecule has 0 spiro atoms. The normalized spacial score (nSPS) is 10.3. The molecule has 0 radical (unpaired) electrons. The van der Waals surface area contributed by atoms with Crippen LogP contribution in [0.1, 0.15) is 11.1 Å². The first-order valence-corrected chi connectivity index (χ1v) is 5.70. The Morgan fingerprint density at radius 2 is 1.88 bits per heavy atom. The van der Waals surface area contributed by atoms with Gasteiger partial charge in [0.1, 0.15) is 5.15 Å². The van der Waals surface area contributed by atoms with Crippen LogP contribution in [0.2, 0.25) is 5.15 Å². The third kappa shape index (κ3) is 2.68. The second-order valence-electron chi connectivity index (χ2n) is 4.00. The van der Waals surface area contributed by atoms with E-state index in [0.717, 1.165) is 5.69 Å². The average Bonchev–Trinajstić information content (AvgIpc) is 2.29. The van der Waals surface area contributed by atoms with Gasteiger partial charge in [-0.05, 0) is 49.2 Å². The number of aromatic nitrogens is 1. The number of halogens is 1. The molecule has 0 unspecified atom stereocenters. The van der Waals surface area contributed by atoms with Gasteiger partial charge in [-0.1, -0.05) is 17.7 Å². The van der Waals surface area contributed by atoms with Crippen LogP contribution in [0.3, 0.4) is 0 Å². The highest BCUT2D eigenvalue weighted by molar-refractivity contribution is 6.29. The monoisotopic (exact) mass is 247 g/mol. The van der Waals surface area contributed by atoms with Crippen molar-refractivity contribution < 1.29 is 0 Å². The van der Waals surface area contributed by atoms with Gasteiger partial charge in [-0.25, -0.2) is 4.98 Å². The third-order valence-electron chi connectivity index (χ3n) is 2.66. The number of benzene rings is 1. The summed E-state index contributed by atoms with van der Waals surface area (Å²) < 4.78 is 0. The van der Waals surface area contributed by atoms with Crippen molar-refractivity contribution in [1.82, 2.24) is 4.98 Å². The number of nitrogens with one attached hydrogen (secondary N) is 1. The van der Waals surface area contributed by atoms with Gasteiger partial charge in [-0.2, -0.15) is 0 Å². The lowest BCUT2D eigenvalue weighted by molar-refractivity contribution is 1.29. The lowest BCUT2D eigenvalue weighted by Gasteiger charge is -2.10. The summed E-state index contributed by atoms with van der Waals surface area (Å²) in [6.45, 7) is 4.14. The predicted molar refractivity (Wildman–Crippen MR) is 72.9 cm³/mol. The number of nitrogen functional groups attached to an aromatic ring is 1. The van der Waals surface area contributed by atoms with Crippen LogP contribution >= 0.6 is 11.6 Å². The molecule has 3 N–H and O–H groups in total. The topological polar surface area (TPSA) is 50.9 Å². The van der Waals surface area contributed by atoms with E-state index < -0.39 is 0 Å². The molecular weight excluding hydrogens is 234 g/mol. The van der Waals surface area contributed by atoms with Gasteiger partial charge in [0.15, 0.2) is 5.82 Å². The zero-order chi connectivity index (χ0) is 12.4. The van der Waals surface area contributed by atoms with Gasteiger partial charge >= 0.3 is 0 Å². The van der Waals surface area contributed by atoms with Gasteiger partial charge in [0.2, 0.25) is 0 Å². The highest BCUT2D eigenvalue weighted by atomic mass is 35.5. The molecule has 0 saturated carbocycles. The van der Waals surface area contributed by atoms with Crippen molar-refractivity contribution in [3.8, 4) is 0 Å². The average molecular weight is 248 g/mol. The van der Waals surface area contributed by atoms with Crippen molar-refractivity contribution in [2.45, 2.75) is 13.8 Å². The highest BCUT2D eigenvalue weighted by Crippen LogP contribution is 2.24. The fraction of sp³-hybridized carbons (Fsp3) is 0.154. The first-order valence-electron chi connectivity index (χ1n) is 5.32. The Hall–Kier alpha value is -1.74. The molecular formula is C13H14ClN3. The molecule has 0 saturated heterocycles. The number of hydrogen-bond donors (Lipinski definition) is 2. The quantitative estimate of drug-likeness (QED) is 0.796. The molecule has 17 heavy (non-hydrogen) atoms. The molecule has 0 aliphatic heterocycles. The van der Waals surface area contributed by atoms with Gasteiger partial charge in [0.25, 0.3) is 0 Å². The van der Waals surface area contributed by atoms with Gasteiger partial charge in [0.05, 0.1) is 5.69 Å². The van der Waals surface area contributed by atoms with Crippen LogP contribution in [0.25, 0.3) is 0 Å². The zero-order valence-corrected chi connectivity index (χ0v) is 10.5. The van der Waals surface area contributed by atoms with E-state index in [2.05, 4.69) is 36.3 Å². The number of nitrogens with zero attached hydrogens (tertiary/aromatic N) is 1. The molecule has 0 bridgehead atoms. The lowest BCUT2D eigenvalue weighted by Crippen LogP contribution is -1.99. The summed E-state index contributed by atoms with van der Waals surface area (Å²) in [4.78, 5) is 4.15. The van der Waals surface area contributed by atoms with Crippen LogP contribution in [-0.2, 0) is 0 Å². The summed E-state index contributed by atoms with van der Waals surface area (Å²) >= 11 is 5.83. The Balaban J connectivity index is 2.31. The number of hydrogen-bond acceptors (Lipinski definition) is 3. The Morgan fingerprint density at radius 3 is 2.59 bits per heavy atom. The fourth-order valence-corrected chi connectivity index (χ4v) is 1.65. The number of pyridine rings is 1. The number of aryl methyl sites for hydroxylation is 2. The van der Waals surface area contributed by atoms with E-state index in [9.17, 15) is 0 Å². The summed E-state index contributed by atoms with van der Waals surface area (Å²) in [5, 5.41) is 3.58. The molecule has 0 aliphatic carbocycles.